The molecule has 1 N–H and O–H groups in total. The molecule has 0 aliphatic carbocycles. The summed E-state index contributed by atoms with van der Waals surface area (Å²) in [6.45, 7) is 2.09. The molecule has 0 aliphatic heterocycles. The number of hydrogen-bond donors (Lipinski definition) is 1. The molecule has 0 aliphatic rings. The third-order valence-electron chi connectivity index (χ3n) is 2.49. The Bertz CT molecular complexity index is 466. The molecule has 2 rings (SSSR count). The van der Waals surface area contributed by atoms with Crippen LogP contribution in [0.3, 0.4) is 0 Å². The van der Waals surface area contributed by atoms with Gasteiger partial charge in [-0.3, -0.25) is 0 Å². The highest BCUT2D eigenvalue weighted by molar-refractivity contribution is 8.15. The zero-order chi connectivity index (χ0) is 12.1. The molecule has 0 radical (unpaired) electrons. The second kappa shape index (κ2) is 6.17. The van der Waals surface area contributed by atoms with Crippen molar-refractivity contribution in [2.75, 3.05) is 11.3 Å². The number of aryl methyl sites for hydroxylation is 1. The van der Waals surface area contributed by atoms with Gasteiger partial charge in [-0.25, -0.2) is 4.98 Å². The Morgan fingerprint density at radius 3 is 2.71 bits per heavy atom. The highest BCUT2D eigenvalue weighted by Gasteiger charge is 2.07. The summed E-state index contributed by atoms with van der Waals surface area (Å²) in [7, 11) is 0. The molecule has 0 spiro atoms. The molecule has 2 nitrogen and oxygen atoms in total. The maximum absolute atomic E-state index is 4.64. The van der Waals surface area contributed by atoms with Crippen LogP contribution in [-0.4, -0.2) is 21.3 Å². The molecule has 2 aromatic rings. The largest absolute Gasteiger partial charge is 0.337 e. The van der Waals surface area contributed by atoms with E-state index in [0.717, 1.165) is 22.4 Å². The van der Waals surface area contributed by atoms with E-state index in [1.807, 2.05) is 17.8 Å². The predicted octanol–water partition coefficient (Wildman–Crippen LogP) is 3.72. The Kier molecular flexibility index (Phi) is 4.57. The maximum atomic E-state index is 4.64. The van der Waals surface area contributed by atoms with Gasteiger partial charge in [-0.1, -0.05) is 42.1 Å². The van der Waals surface area contributed by atoms with Crippen molar-refractivity contribution in [2.45, 2.75) is 18.5 Å². The fourth-order valence-electron chi connectivity index (χ4n) is 1.61. The normalized spacial score (nSPS) is 10.7. The summed E-state index contributed by atoms with van der Waals surface area (Å²) in [5.74, 6) is 0. The summed E-state index contributed by atoms with van der Waals surface area (Å²) < 4.78 is 0. The van der Waals surface area contributed by atoms with E-state index in [1.165, 1.54) is 11.3 Å². The smallest absolute Gasteiger partial charge is 0.166 e. The van der Waals surface area contributed by atoms with E-state index in [1.54, 1.807) is 11.8 Å². The van der Waals surface area contributed by atoms with Crippen molar-refractivity contribution in [1.29, 1.82) is 0 Å². The first kappa shape index (κ1) is 12.6. The minimum absolute atomic E-state index is 0.906. The van der Waals surface area contributed by atoms with Crippen LogP contribution in [0.4, 0.5) is 0 Å². The van der Waals surface area contributed by atoms with Gasteiger partial charge in [0, 0.05) is 17.2 Å². The SMILES string of the molecule is CSCSc1nc(Cc2ccccc2)c(C)[nH]1. The molecule has 0 amide bonds. The Morgan fingerprint density at radius 1 is 1.24 bits per heavy atom. The number of nitrogens with one attached hydrogen (secondary N) is 1. The summed E-state index contributed by atoms with van der Waals surface area (Å²) in [5.41, 5.74) is 3.64. The van der Waals surface area contributed by atoms with Gasteiger partial charge in [0.1, 0.15) is 0 Å². The van der Waals surface area contributed by atoms with Crippen molar-refractivity contribution in [3.8, 4) is 0 Å². The Labute approximate surface area is 111 Å². The number of benzene rings is 1. The maximum Gasteiger partial charge on any atom is 0.166 e. The van der Waals surface area contributed by atoms with Crippen molar-refractivity contribution >= 4 is 23.5 Å². The topological polar surface area (TPSA) is 28.7 Å². The van der Waals surface area contributed by atoms with Gasteiger partial charge in [0.05, 0.1) is 5.69 Å². The van der Waals surface area contributed by atoms with Gasteiger partial charge < -0.3 is 4.98 Å². The Hall–Kier alpha value is -0.870. The van der Waals surface area contributed by atoms with E-state index in [4.69, 9.17) is 0 Å². The molecule has 0 fully saturated rings. The van der Waals surface area contributed by atoms with Crippen LogP contribution in [0.5, 0.6) is 0 Å². The first-order valence-corrected chi connectivity index (χ1v) is 7.88. The number of rotatable bonds is 5. The van der Waals surface area contributed by atoms with Crippen LogP contribution in [0.1, 0.15) is 17.0 Å². The molecule has 1 aromatic carbocycles. The number of H-pyrrole nitrogens is 1. The van der Waals surface area contributed by atoms with Gasteiger partial charge in [-0.05, 0) is 18.7 Å². The lowest BCUT2D eigenvalue weighted by molar-refractivity contribution is 1.01. The van der Waals surface area contributed by atoms with E-state index in [0.29, 0.717) is 0 Å². The molecule has 1 aromatic heterocycles. The van der Waals surface area contributed by atoms with Gasteiger partial charge >= 0.3 is 0 Å². The van der Waals surface area contributed by atoms with Crippen molar-refractivity contribution in [3.05, 3.63) is 47.3 Å². The zero-order valence-corrected chi connectivity index (χ0v) is 11.7. The zero-order valence-electron chi connectivity index (χ0n) is 10.1. The third kappa shape index (κ3) is 3.54. The van der Waals surface area contributed by atoms with Crippen LogP contribution in [0.2, 0.25) is 0 Å². The van der Waals surface area contributed by atoms with Crippen LogP contribution < -0.4 is 0 Å². The molecule has 17 heavy (non-hydrogen) atoms. The van der Waals surface area contributed by atoms with Gasteiger partial charge in [-0.2, -0.15) is 11.8 Å². The first-order valence-electron chi connectivity index (χ1n) is 5.50. The van der Waals surface area contributed by atoms with E-state index in [9.17, 15) is 0 Å². The first-order chi connectivity index (χ1) is 8.29. The molecule has 1 heterocycles. The number of aromatic amines is 1. The number of hydrogen-bond acceptors (Lipinski definition) is 3. The molecule has 0 unspecified atom stereocenters. The average Bonchev–Trinajstić information content (AvgIpc) is 2.69. The molecule has 90 valence electrons. The number of thioether (sulfide) groups is 2. The fourth-order valence-corrected chi connectivity index (χ4v) is 2.93. The van der Waals surface area contributed by atoms with Crippen molar-refractivity contribution in [2.24, 2.45) is 0 Å². The highest BCUT2D eigenvalue weighted by atomic mass is 32.2. The van der Waals surface area contributed by atoms with Crippen molar-refractivity contribution < 1.29 is 0 Å². The van der Waals surface area contributed by atoms with Crippen molar-refractivity contribution in [3.63, 3.8) is 0 Å². The molecular formula is C13H16N2S2. The Balaban J connectivity index is 2.08. The summed E-state index contributed by atoms with van der Waals surface area (Å²) in [6, 6.07) is 10.5. The third-order valence-corrected chi connectivity index (χ3v) is 4.37. The van der Waals surface area contributed by atoms with E-state index in [2.05, 4.69) is 47.4 Å². The minimum Gasteiger partial charge on any atom is -0.337 e. The summed E-state index contributed by atoms with van der Waals surface area (Å²) in [5, 5.41) is 2.07. The van der Waals surface area contributed by atoms with Gasteiger partial charge in [0.25, 0.3) is 0 Å². The van der Waals surface area contributed by atoms with Crippen LogP contribution in [0.15, 0.2) is 35.5 Å². The Morgan fingerprint density at radius 2 is 2.00 bits per heavy atom. The monoisotopic (exact) mass is 264 g/mol. The molecule has 4 heteroatoms. The van der Waals surface area contributed by atoms with Crippen molar-refractivity contribution in [1.82, 2.24) is 9.97 Å². The highest BCUT2D eigenvalue weighted by Crippen LogP contribution is 2.21. The van der Waals surface area contributed by atoms with E-state index in [-0.39, 0.29) is 0 Å². The standard InChI is InChI=1S/C13H16N2S2/c1-10-12(8-11-6-4-3-5-7-11)15-13(14-10)17-9-16-2/h3-7H,8-9H2,1-2H3,(H,14,15). The van der Waals surface area contributed by atoms with Crippen LogP contribution >= 0.6 is 23.5 Å². The fraction of sp³-hybridized carbons (Fsp3) is 0.308. The van der Waals surface area contributed by atoms with Gasteiger partial charge in [0.2, 0.25) is 0 Å². The number of aromatic nitrogens is 2. The molecule has 0 saturated carbocycles. The minimum atomic E-state index is 0.906. The lowest BCUT2D eigenvalue weighted by Gasteiger charge is -1.98. The van der Waals surface area contributed by atoms with Crippen LogP contribution in [0, 0.1) is 6.92 Å². The van der Waals surface area contributed by atoms with Gasteiger partial charge in [0.15, 0.2) is 5.16 Å². The molecule has 0 bridgehead atoms. The molecule has 0 saturated heterocycles. The number of imidazole rings is 1. The lowest BCUT2D eigenvalue weighted by Crippen LogP contribution is -1.90. The second-order valence-corrected chi connectivity index (χ2v) is 6.02. The summed E-state index contributed by atoms with van der Waals surface area (Å²) in [6.07, 6.45) is 3.01. The lowest BCUT2D eigenvalue weighted by atomic mass is 10.1. The summed E-state index contributed by atoms with van der Waals surface area (Å²) in [4.78, 5) is 7.97. The van der Waals surface area contributed by atoms with Crippen LogP contribution in [0.25, 0.3) is 0 Å². The molecule has 0 atom stereocenters. The predicted molar refractivity (Wildman–Crippen MR) is 76.8 cm³/mol. The van der Waals surface area contributed by atoms with Gasteiger partial charge in [-0.15, -0.1) is 0 Å². The quantitative estimate of drug-likeness (QED) is 0.659. The van der Waals surface area contributed by atoms with E-state index >= 15 is 0 Å². The average molecular weight is 264 g/mol. The number of nitrogens with zero attached hydrogens (tertiary/aromatic N) is 1. The van der Waals surface area contributed by atoms with E-state index < -0.39 is 0 Å². The van der Waals surface area contributed by atoms with Crippen LogP contribution in [-0.2, 0) is 6.42 Å². The summed E-state index contributed by atoms with van der Waals surface area (Å²) >= 11 is 3.58. The second-order valence-electron chi connectivity index (χ2n) is 3.83. The molecular weight excluding hydrogens is 248 g/mol.